The topological polar surface area (TPSA) is 59.2 Å². The Morgan fingerprint density at radius 2 is 2.05 bits per heavy atom. The van der Waals surface area contributed by atoms with Gasteiger partial charge >= 0.3 is 0 Å². The van der Waals surface area contributed by atoms with E-state index in [-0.39, 0.29) is 11.9 Å². The van der Waals surface area contributed by atoms with Crippen LogP contribution in [0.15, 0.2) is 42.6 Å². The number of nitrogens with zero attached hydrogens (tertiary/aromatic N) is 2. The van der Waals surface area contributed by atoms with Crippen LogP contribution in [0.25, 0.3) is 0 Å². The van der Waals surface area contributed by atoms with Crippen molar-refractivity contribution in [3.63, 3.8) is 0 Å². The van der Waals surface area contributed by atoms with E-state index in [1.165, 1.54) is 0 Å². The van der Waals surface area contributed by atoms with E-state index in [0.29, 0.717) is 5.82 Å². The molecule has 3 rings (SSSR count). The van der Waals surface area contributed by atoms with Crippen molar-refractivity contribution < 1.29 is 4.79 Å². The summed E-state index contributed by atoms with van der Waals surface area (Å²) in [6, 6.07) is 11.6. The fraction of sp³-hybridized carbons (Fsp3) is 0.333. The highest BCUT2D eigenvalue weighted by atomic mass is 16.2. The van der Waals surface area contributed by atoms with E-state index in [1.54, 1.807) is 0 Å². The van der Waals surface area contributed by atoms with E-state index in [0.717, 1.165) is 42.5 Å². The molecule has 0 saturated carbocycles. The molecule has 0 radical (unpaired) electrons. The van der Waals surface area contributed by atoms with Gasteiger partial charge in [0.15, 0.2) is 0 Å². The number of nitrogens with two attached hydrogens (primary N) is 1. The Morgan fingerprint density at radius 3 is 2.77 bits per heavy atom. The first-order chi connectivity index (χ1) is 10.7. The third-order valence-electron chi connectivity index (χ3n) is 4.31. The van der Waals surface area contributed by atoms with Gasteiger partial charge in [-0.2, -0.15) is 0 Å². The molecule has 2 aromatic rings. The van der Waals surface area contributed by atoms with Crippen LogP contribution < -0.4 is 5.73 Å². The van der Waals surface area contributed by atoms with Crippen molar-refractivity contribution in [3.8, 4) is 0 Å². The molecular weight excluding hydrogens is 274 g/mol. The van der Waals surface area contributed by atoms with Crippen LogP contribution in [0.5, 0.6) is 0 Å². The molecule has 0 spiro atoms. The number of benzene rings is 1. The number of hydrogen-bond acceptors (Lipinski definition) is 3. The summed E-state index contributed by atoms with van der Waals surface area (Å²) in [6.45, 7) is 2.75. The lowest BCUT2D eigenvalue weighted by Crippen LogP contribution is -2.38. The quantitative estimate of drug-likeness (QED) is 0.924. The molecular formula is C18H21N3O. The summed E-state index contributed by atoms with van der Waals surface area (Å²) in [4.78, 5) is 19.1. The van der Waals surface area contributed by atoms with E-state index in [1.807, 2.05) is 48.4 Å². The molecule has 1 fully saturated rings. The van der Waals surface area contributed by atoms with Gasteiger partial charge in [0.1, 0.15) is 5.82 Å². The number of carbonyl (C=O) groups is 1. The lowest BCUT2D eigenvalue weighted by Gasteiger charge is -2.36. The third kappa shape index (κ3) is 2.82. The average molecular weight is 295 g/mol. The fourth-order valence-corrected chi connectivity index (χ4v) is 3.06. The Balaban J connectivity index is 1.91. The summed E-state index contributed by atoms with van der Waals surface area (Å²) < 4.78 is 0. The largest absolute Gasteiger partial charge is 0.383 e. The van der Waals surface area contributed by atoms with E-state index >= 15 is 0 Å². The molecule has 2 N–H and O–H groups in total. The molecule has 0 aliphatic carbocycles. The zero-order valence-corrected chi connectivity index (χ0v) is 12.8. The number of pyridine rings is 1. The maximum absolute atomic E-state index is 12.8. The minimum absolute atomic E-state index is 0.0910. The van der Waals surface area contributed by atoms with Crippen molar-refractivity contribution in [2.45, 2.75) is 32.2 Å². The molecule has 22 heavy (non-hydrogen) atoms. The summed E-state index contributed by atoms with van der Waals surface area (Å²) in [5, 5.41) is 0. The number of likely N-dealkylation sites (tertiary alicyclic amines) is 1. The van der Waals surface area contributed by atoms with Crippen LogP contribution in [-0.4, -0.2) is 22.3 Å². The smallest absolute Gasteiger partial charge is 0.254 e. The first-order valence-electron chi connectivity index (χ1n) is 7.75. The molecule has 4 heteroatoms. The molecule has 1 aromatic heterocycles. The standard InChI is InChI=1S/C18H21N3O/c1-13-11-15(12-20-17(13)19)16-9-5-6-10-21(16)18(22)14-7-3-2-4-8-14/h2-4,7-8,11-12,16H,5-6,9-10H2,1H3,(H2,19,20)/t16-/m0/s1. The molecule has 1 aliphatic heterocycles. The van der Waals surface area contributed by atoms with Crippen molar-refractivity contribution in [3.05, 3.63) is 59.3 Å². The van der Waals surface area contributed by atoms with Crippen molar-refractivity contribution in [2.24, 2.45) is 0 Å². The minimum atomic E-state index is 0.0910. The number of piperidine rings is 1. The van der Waals surface area contributed by atoms with Gasteiger partial charge in [0.05, 0.1) is 6.04 Å². The maximum atomic E-state index is 12.8. The average Bonchev–Trinajstić information content (AvgIpc) is 2.57. The van der Waals surface area contributed by atoms with Crippen molar-refractivity contribution in [1.29, 1.82) is 0 Å². The number of amides is 1. The summed E-state index contributed by atoms with van der Waals surface area (Å²) >= 11 is 0. The van der Waals surface area contributed by atoms with Gasteiger partial charge in [0.2, 0.25) is 0 Å². The molecule has 1 saturated heterocycles. The molecule has 0 unspecified atom stereocenters. The van der Waals surface area contributed by atoms with Gasteiger partial charge in [-0.1, -0.05) is 18.2 Å². The highest BCUT2D eigenvalue weighted by Crippen LogP contribution is 2.32. The SMILES string of the molecule is Cc1cc([C@@H]2CCCCN2C(=O)c2ccccc2)cnc1N. The van der Waals surface area contributed by atoms with E-state index in [4.69, 9.17) is 5.73 Å². The highest BCUT2D eigenvalue weighted by molar-refractivity contribution is 5.94. The van der Waals surface area contributed by atoms with E-state index < -0.39 is 0 Å². The van der Waals surface area contributed by atoms with E-state index in [2.05, 4.69) is 11.1 Å². The normalized spacial score (nSPS) is 18.2. The van der Waals surface area contributed by atoms with Gasteiger partial charge in [-0.3, -0.25) is 4.79 Å². The monoisotopic (exact) mass is 295 g/mol. The molecule has 4 nitrogen and oxygen atoms in total. The van der Waals surface area contributed by atoms with Gasteiger partial charge in [-0.05, 0) is 55.5 Å². The van der Waals surface area contributed by atoms with Crippen LogP contribution in [0.2, 0.25) is 0 Å². The Morgan fingerprint density at radius 1 is 1.27 bits per heavy atom. The first kappa shape index (κ1) is 14.6. The second kappa shape index (κ2) is 6.18. The van der Waals surface area contributed by atoms with Crippen molar-refractivity contribution in [2.75, 3.05) is 12.3 Å². The molecule has 1 amide bonds. The van der Waals surface area contributed by atoms with Gasteiger partial charge in [-0.15, -0.1) is 0 Å². The first-order valence-corrected chi connectivity index (χ1v) is 7.75. The van der Waals surface area contributed by atoms with Gasteiger partial charge in [-0.25, -0.2) is 4.98 Å². The fourth-order valence-electron chi connectivity index (χ4n) is 3.06. The Kier molecular flexibility index (Phi) is 4.09. The predicted octanol–water partition coefficient (Wildman–Crippen LogP) is 3.34. The molecule has 2 heterocycles. The number of rotatable bonds is 2. The maximum Gasteiger partial charge on any atom is 0.254 e. The lowest BCUT2D eigenvalue weighted by atomic mass is 9.94. The molecule has 114 valence electrons. The minimum Gasteiger partial charge on any atom is -0.383 e. The summed E-state index contributed by atoms with van der Waals surface area (Å²) in [7, 11) is 0. The molecule has 1 atom stereocenters. The van der Waals surface area contributed by atoms with Crippen LogP contribution in [0, 0.1) is 6.92 Å². The lowest BCUT2D eigenvalue weighted by molar-refractivity contribution is 0.0611. The number of aryl methyl sites for hydroxylation is 1. The van der Waals surface area contributed by atoms with Crippen molar-refractivity contribution >= 4 is 11.7 Å². The van der Waals surface area contributed by atoms with Crippen LogP contribution in [0.3, 0.4) is 0 Å². The molecule has 1 aromatic carbocycles. The second-order valence-corrected chi connectivity index (χ2v) is 5.85. The van der Waals surface area contributed by atoms with Crippen LogP contribution >= 0.6 is 0 Å². The molecule has 1 aliphatic rings. The third-order valence-corrected chi connectivity index (χ3v) is 4.31. The van der Waals surface area contributed by atoms with Crippen molar-refractivity contribution in [1.82, 2.24) is 9.88 Å². The summed E-state index contributed by atoms with van der Waals surface area (Å²) in [5.41, 5.74) is 8.60. The van der Waals surface area contributed by atoms with Gasteiger partial charge in [0, 0.05) is 18.3 Å². The number of hydrogen-bond donors (Lipinski definition) is 1. The summed E-state index contributed by atoms with van der Waals surface area (Å²) in [5.74, 6) is 0.653. The van der Waals surface area contributed by atoms with E-state index in [9.17, 15) is 4.79 Å². The predicted molar refractivity (Wildman–Crippen MR) is 87.5 cm³/mol. The Labute approximate surface area is 131 Å². The highest BCUT2D eigenvalue weighted by Gasteiger charge is 2.29. The van der Waals surface area contributed by atoms with Gasteiger partial charge < -0.3 is 10.6 Å². The van der Waals surface area contributed by atoms with Gasteiger partial charge in [0.25, 0.3) is 5.91 Å². The van der Waals surface area contributed by atoms with Crippen LogP contribution in [-0.2, 0) is 0 Å². The van der Waals surface area contributed by atoms with Crippen LogP contribution in [0.1, 0.15) is 46.8 Å². The van der Waals surface area contributed by atoms with Crippen LogP contribution in [0.4, 0.5) is 5.82 Å². The summed E-state index contributed by atoms with van der Waals surface area (Å²) in [6.07, 6.45) is 4.97. The Bertz CT molecular complexity index is 669. The number of anilines is 1. The number of carbonyl (C=O) groups excluding carboxylic acids is 1. The number of nitrogen functional groups attached to an aromatic ring is 1. The second-order valence-electron chi connectivity index (χ2n) is 5.85. The molecule has 0 bridgehead atoms. The zero-order valence-electron chi connectivity index (χ0n) is 12.8. The Hall–Kier alpha value is -2.36. The zero-order chi connectivity index (χ0) is 15.5. The number of aromatic nitrogens is 1.